The first-order valence-corrected chi connectivity index (χ1v) is 9.68. The highest BCUT2D eigenvalue weighted by Crippen LogP contribution is 2.25. The number of fused-ring (bicyclic) bond motifs is 1. The van der Waals surface area contributed by atoms with Crippen molar-refractivity contribution in [1.29, 1.82) is 0 Å². The van der Waals surface area contributed by atoms with Crippen molar-refractivity contribution in [1.82, 2.24) is 19.9 Å². The molecule has 1 aliphatic rings. The number of anilines is 2. The Hall–Kier alpha value is -2.93. The largest absolute Gasteiger partial charge is 0.372 e. The van der Waals surface area contributed by atoms with Crippen LogP contribution in [0, 0.1) is 5.92 Å². The van der Waals surface area contributed by atoms with E-state index in [0.717, 1.165) is 36.6 Å². The number of piperidine rings is 1. The summed E-state index contributed by atoms with van der Waals surface area (Å²) in [6.45, 7) is 3.33. The van der Waals surface area contributed by atoms with Crippen LogP contribution in [0.2, 0.25) is 0 Å². The summed E-state index contributed by atoms with van der Waals surface area (Å²) in [5.41, 5.74) is 3.19. The van der Waals surface area contributed by atoms with Gasteiger partial charge in [0.15, 0.2) is 0 Å². The number of rotatable bonds is 5. The molecule has 1 aliphatic heterocycles. The molecule has 0 spiro atoms. The Bertz CT molecular complexity index is 941. The number of hydrogen-bond acceptors (Lipinski definition) is 5. The smallest absolute Gasteiger partial charge is 0.257 e. The van der Waals surface area contributed by atoms with E-state index in [1.165, 1.54) is 24.9 Å². The highest BCUT2D eigenvalue weighted by molar-refractivity contribution is 6.12. The van der Waals surface area contributed by atoms with Crippen LogP contribution in [-0.2, 0) is 0 Å². The molecule has 1 aromatic carbocycles. The highest BCUT2D eigenvalue weighted by Gasteiger charge is 2.20. The van der Waals surface area contributed by atoms with Gasteiger partial charge < -0.3 is 20.1 Å². The molecular formula is C21H26N6O. The summed E-state index contributed by atoms with van der Waals surface area (Å²) >= 11 is 0. The Labute approximate surface area is 164 Å². The number of amides is 1. The molecule has 1 saturated heterocycles. The standard InChI is InChI=1S/C21H26N6O/c1-26(2)13-15-7-9-27(10-8-15)17-5-3-16(4-6-17)25-21(28)19-12-23-20-18(19)11-22-14-24-20/h3-6,11-12,14-15H,7-10,13H2,1-2H3,(H,25,28)(H,22,23,24). The number of aromatic nitrogens is 3. The van der Waals surface area contributed by atoms with Crippen molar-refractivity contribution >= 4 is 28.3 Å². The number of carbonyl (C=O) groups excluding carboxylic acids is 1. The maximum Gasteiger partial charge on any atom is 0.257 e. The van der Waals surface area contributed by atoms with Gasteiger partial charge in [-0.1, -0.05) is 0 Å². The minimum atomic E-state index is -0.168. The Kier molecular flexibility index (Phi) is 5.25. The lowest BCUT2D eigenvalue weighted by Gasteiger charge is -2.34. The van der Waals surface area contributed by atoms with Gasteiger partial charge in [0.2, 0.25) is 0 Å². The second-order valence-electron chi connectivity index (χ2n) is 7.68. The zero-order chi connectivity index (χ0) is 19.5. The Balaban J connectivity index is 1.38. The fraction of sp³-hybridized carbons (Fsp3) is 0.381. The van der Waals surface area contributed by atoms with Crippen LogP contribution < -0.4 is 10.2 Å². The molecule has 0 atom stereocenters. The van der Waals surface area contributed by atoms with Crippen molar-refractivity contribution < 1.29 is 4.79 Å². The summed E-state index contributed by atoms with van der Waals surface area (Å²) in [6, 6.07) is 8.09. The van der Waals surface area contributed by atoms with Gasteiger partial charge in [0.25, 0.3) is 5.91 Å². The number of hydrogen-bond donors (Lipinski definition) is 2. The average Bonchev–Trinajstić information content (AvgIpc) is 3.13. The second kappa shape index (κ2) is 7.98. The maximum absolute atomic E-state index is 12.6. The minimum absolute atomic E-state index is 0.168. The quantitative estimate of drug-likeness (QED) is 0.714. The Morgan fingerprint density at radius 3 is 2.71 bits per heavy atom. The van der Waals surface area contributed by atoms with Crippen LogP contribution >= 0.6 is 0 Å². The first-order valence-electron chi connectivity index (χ1n) is 9.68. The number of nitrogens with one attached hydrogen (secondary N) is 2. The van der Waals surface area contributed by atoms with Crippen molar-refractivity contribution in [3.05, 3.63) is 48.5 Å². The van der Waals surface area contributed by atoms with Gasteiger partial charge in [-0.05, 0) is 57.1 Å². The van der Waals surface area contributed by atoms with Crippen LogP contribution in [0.3, 0.4) is 0 Å². The van der Waals surface area contributed by atoms with E-state index < -0.39 is 0 Å². The predicted molar refractivity (Wildman–Crippen MR) is 112 cm³/mol. The molecule has 1 fully saturated rings. The lowest BCUT2D eigenvalue weighted by Crippen LogP contribution is -2.37. The van der Waals surface area contributed by atoms with Gasteiger partial charge >= 0.3 is 0 Å². The van der Waals surface area contributed by atoms with E-state index in [1.807, 2.05) is 12.1 Å². The van der Waals surface area contributed by atoms with Crippen molar-refractivity contribution in [2.75, 3.05) is 43.9 Å². The molecule has 1 amide bonds. The van der Waals surface area contributed by atoms with Gasteiger partial charge in [-0.25, -0.2) is 9.97 Å². The molecule has 0 unspecified atom stereocenters. The lowest BCUT2D eigenvalue weighted by atomic mass is 9.96. The SMILES string of the molecule is CN(C)CC1CCN(c2ccc(NC(=O)c3c[nH]c4ncncc34)cc2)CC1. The molecule has 2 N–H and O–H groups in total. The fourth-order valence-corrected chi connectivity index (χ4v) is 3.89. The van der Waals surface area contributed by atoms with E-state index in [4.69, 9.17) is 0 Å². The van der Waals surface area contributed by atoms with Gasteiger partial charge in [0.1, 0.15) is 12.0 Å². The zero-order valence-corrected chi connectivity index (χ0v) is 16.4. The highest BCUT2D eigenvalue weighted by atomic mass is 16.1. The maximum atomic E-state index is 12.6. The van der Waals surface area contributed by atoms with E-state index in [2.05, 4.69) is 56.3 Å². The summed E-state index contributed by atoms with van der Waals surface area (Å²) in [5, 5.41) is 3.68. The molecule has 3 aromatic rings. The molecule has 2 aromatic heterocycles. The van der Waals surface area contributed by atoms with Gasteiger partial charge in [-0.15, -0.1) is 0 Å². The summed E-state index contributed by atoms with van der Waals surface area (Å²) in [6.07, 6.45) is 7.22. The van der Waals surface area contributed by atoms with Gasteiger partial charge in [0.05, 0.1) is 5.56 Å². The molecule has 28 heavy (non-hydrogen) atoms. The second-order valence-corrected chi connectivity index (χ2v) is 7.68. The Morgan fingerprint density at radius 2 is 2.00 bits per heavy atom. The van der Waals surface area contributed by atoms with Gasteiger partial charge in [-0.2, -0.15) is 0 Å². The molecule has 146 valence electrons. The number of nitrogens with zero attached hydrogens (tertiary/aromatic N) is 4. The fourth-order valence-electron chi connectivity index (χ4n) is 3.89. The average molecular weight is 378 g/mol. The first-order chi connectivity index (χ1) is 13.6. The van der Waals surface area contributed by atoms with Crippen LogP contribution in [0.15, 0.2) is 43.0 Å². The molecule has 0 radical (unpaired) electrons. The minimum Gasteiger partial charge on any atom is -0.372 e. The topological polar surface area (TPSA) is 77.1 Å². The molecule has 0 saturated carbocycles. The lowest BCUT2D eigenvalue weighted by molar-refractivity contribution is 0.102. The number of benzene rings is 1. The predicted octanol–water partition coefficient (Wildman–Crippen LogP) is 2.99. The van der Waals surface area contributed by atoms with E-state index in [0.29, 0.717) is 11.2 Å². The number of aromatic amines is 1. The summed E-state index contributed by atoms with van der Waals surface area (Å²) in [4.78, 5) is 28.4. The normalized spacial score (nSPS) is 15.3. The summed E-state index contributed by atoms with van der Waals surface area (Å²) in [5.74, 6) is 0.614. The van der Waals surface area contributed by atoms with Crippen molar-refractivity contribution in [2.45, 2.75) is 12.8 Å². The van der Waals surface area contributed by atoms with Crippen LogP contribution in [0.25, 0.3) is 11.0 Å². The van der Waals surface area contributed by atoms with E-state index in [9.17, 15) is 4.79 Å². The Morgan fingerprint density at radius 1 is 1.25 bits per heavy atom. The summed E-state index contributed by atoms with van der Waals surface area (Å²) in [7, 11) is 4.28. The molecule has 0 aliphatic carbocycles. The molecule has 7 nitrogen and oxygen atoms in total. The zero-order valence-electron chi connectivity index (χ0n) is 16.4. The molecular weight excluding hydrogens is 352 g/mol. The molecule has 3 heterocycles. The van der Waals surface area contributed by atoms with E-state index in [1.54, 1.807) is 12.4 Å². The third kappa shape index (κ3) is 3.99. The monoisotopic (exact) mass is 378 g/mol. The van der Waals surface area contributed by atoms with Gasteiger partial charge in [-0.3, -0.25) is 4.79 Å². The van der Waals surface area contributed by atoms with Crippen molar-refractivity contribution in [2.24, 2.45) is 5.92 Å². The number of H-pyrrole nitrogens is 1. The molecule has 0 bridgehead atoms. The number of carbonyl (C=O) groups is 1. The van der Waals surface area contributed by atoms with E-state index >= 15 is 0 Å². The van der Waals surface area contributed by atoms with Crippen LogP contribution in [-0.4, -0.2) is 59.5 Å². The summed E-state index contributed by atoms with van der Waals surface area (Å²) < 4.78 is 0. The molecule has 4 rings (SSSR count). The van der Waals surface area contributed by atoms with Crippen molar-refractivity contribution in [3.63, 3.8) is 0 Å². The van der Waals surface area contributed by atoms with Gasteiger partial charge in [0, 0.05) is 48.8 Å². The third-order valence-electron chi connectivity index (χ3n) is 5.33. The third-order valence-corrected chi connectivity index (χ3v) is 5.33. The van der Waals surface area contributed by atoms with E-state index in [-0.39, 0.29) is 5.91 Å². The first kappa shape index (κ1) is 18.4. The van der Waals surface area contributed by atoms with Crippen LogP contribution in [0.1, 0.15) is 23.2 Å². The van der Waals surface area contributed by atoms with Crippen molar-refractivity contribution in [3.8, 4) is 0 Å². The molecule has 7 heteroatoms. The van der Waals surface area contributed by atoms with Crippen LogP contribution in [0.5, 0.6) is 0 Å². The van der Waals surface area contributed by atoms with Crippen LogP contribution in [0.4, 0.5) is 11.4 Å².